The largest absolute Gasteiger partial charge is 0.394 e. The van der Waals surface area contributed by atoms with E-state index in [0.717, 1.165) is 52.2 Å². The fraction of sp³-hybridized carbons (Fsp3) is 1.00. The molecule has 2 rings (SSSR count). The first kappa shape index (κ1) is 11.3. The van der Waals surface area contributed by atoms with Crippen molar-refractivity contribution in [1.29, 1.82) is 0 Å². The van der Waals surface area contributed by atoms with Crippen molar-refractivity contribution in [1.82, 2.24) is 10.2 Å². The molecular weight excluding hydrogens is 192 g/mol. The highest BCUT2D eigenvalue weighted by Gasteiger charge is 2.35. The van der Waals surface area contributed by atoms with Crippen LogP contribution in [0.15, 0.2) is 0 Å². The van der Waals surface area contributed by atoms with Gasteiger partial charge in [-0.25, -0.2) is 0 Å². The van der Waals surface area contributed by atoms with Gasteiger partial charge in [0, 0.05) is 31.7 Å². The molecule has 4 heteroatoms. The standard InChI is InChI=1S/C11H22N2O2/c14-10-11(2-1-3-11)12-4-5-13-6-8-15-9-7-13/h12,14H,1-10H2. The SMILES string of the molecule is OCC1(NCCN2CCOCC2)CCC1. The number of morpholine rings is 1. The Bertz CT molecular complexity index is 184. The average Bonchev–Trinajstić information content (AvgIpc) is 2.24. The Morgan fingerprint density at radius 3 is 2.53 bits per heavy atom. The molecule has 1 heterocycles. The molecule has 2 aliphatic rings. The van der Waals surface area contributed by atoms with Crippen molar-refractivity contribution >= 4 is 0 Å². The zero-order chi connectivity index (χ0) is 10.6. The van der Waals surface area contributed by atoms with Crippen LogP contribution >= 0.6 is 0 Å². The van der Waals surface area contributed by atoms with Crippen molar-refractivity contribution in [2.75, 3.05) is 46.0 Å². The fourth-order valence-corrected chi connectivity index (χ4v) is 2.30. The molecule has 0 amide bonds. The Labute approximate surface area is 91.6 Å². The summed E-state index contributed by atoms with van der Waals surface area (Å²) in [5.41, 5.74) is 0.0618. The Hall–Kier alpha value is -0.160. The summed E-state index contributed by atoms with van der Waals surface area (Å²) in [7, 11) is 0. The van der Waals surface area contributed by atoms with Crippen LogP contribution in [-0.2, 0) is 4.74 Å². The van der Waals surface area contributed by atoms with Gasteiger partial charge in [0.05, 0.1) is 19.8 Å². The van der Waals surface area contributed by atoms with E-state index < -0.39 is 0 Å². The third-order valence-electron chi connectivity index (χ3n) is 3.65. The van der Waals surface area contributed by atoms with Gasteiger partial charge in [0.1, 0.15) is 0 Å². The third kappa shape index (κ3) is 2.91. The molecule has 1 aliphatic carbocycles. The molecule has 1 saturated heterocycles. The van der Waals surface area contributed by atoms with Gasteiger partial charge in [-0.1, -0.05) is 0 Å². The Morgan fingerprint density at radius 1 is 1.27 bits per heavy atom. The highest BCUT2D eigenvalue weighted by Crippen LogP contribution is 2.30. The van der Waals surface area contributed by atoms with Gasteiger partial charge in [-0.2, -0.15) is 0 Å². The summed E-state index contributed by atoms with van der Waals surface area (Å²) < 4.78 is 5.30. The molecule has 4 nitrogen and oxygen atoms in total. The van der Waals surface area contributed by atoms with E-state index in [9.17, 15) is 5.11 Å². The first-order valence-electron chi connectivity index (χ1n) is 6.01. The van der Waals surface area contributed by atoms with Crippen molar-refractivity contribution < 1.29 is 9.84 Å². The van der Waals surface area contributed by atoms with Crippen molar-refractivity contribution in [3.8, 4) is 0 Å². The number of hydrogen-bond acceptors (Lipinski definition) is 4. The lowest BCUT2D eigenvalue weighted by molar-refractivity contribution is 0.0332. The van der Waals surface area contributed by atoms with Crippen LogP contribution in [0.1, 0.15) is 19.3 Å². The van der Waals surface area contributed by atoms with Crippen LogP contribution in [0, 0.1) is 0 Å². The number of nitrogens with one attached hydrogen (secondary N) is 1. The molecule has 0 radical (unpaired) electrons. The van der Waals surface area contributed by atoms with Gasteiger partial charge in [-0.05, 0) is 19.3 Å². The summed E-state index contributed by atoms with van der Waals surface area (Å²) in [6, 6.07) is 0. The van der Waals surface area contributed by atoms with Crippen molar-refractivity contribution in [3.63, 3.8) is 0 Å². The molecule has 0 aromatic heterocycles. The summed E-state index contributed by atoms with van der Waals surface area (Å²) in [6.45, 7) is 6.18. The zero-order valence-electron chi connectivity index (χ0n) is 9.37. The van der Waals surface area contributed by atoms with Crippen molar-refractivity contribution in [3.05, 3.63) is 0 Å². The van der Waals surface area contributed by atoms with Crippen molar-refractivity contribution in [2.24, 2.45) is 0 Å². The second kappa shape index (κ2) is 5.25. The van der Waals surface area contributed by atoms with Crippen LogP contribution in [0.25, 0.3) is 0 Å². The lowest BCUT2D eigenvalue weighted by atomic mass is 9.77. The number of hydrogen-bond donors (Lipinski definition) is 2. The summed E-state index contributed by atoms with van der Waals surface area (Å²) in [5, 5.41) is 12.8. The quantitative estimate of drug-likeness (QED) is 0.666. The number of nitrogens with zero attached hydrogens (tertiary/aromatic N) is 1. The van der Waals surface area contributed by atoms with Gasteiger partial charge in [0.2, 0.25) is 0 Å². The lowest BCUT2D eigenvalue weighted by Gasteiger charge is -2.42. The molecule has 0 spiro atoms. The Kier molecular flexibility index (Phi) is 3.97. The molecule has 0 bridgehead atoms. The summed E-state index contributed by atoms with van der Waals surface area (Å²) in [5.74, 6) is 0. The van der Waals surface area contributed by atoms with E-state index in [0.29, 0.717) is 0 Å². The van der Waals surface area contributed by atoms with Gasteiger partial charge < -0.3 is 15.2 Å². The minimum absolute atomic E-state index is 0.0618. The number of ether oxygens (including phenoxy) is 1. The smallest absolute Gasteiger partial charge is 0.0613 e. The first-order chi connectivity index (χ1) is 7.35. The highest BCUT2D eigenvalue weighted by molar-refractivity contribution is 4.95. The van der Waals surface area contributed by atoms with E-state index in [1.807, 2.05) is 0 Å². The summed E-state index contributed by atoms with van der Waals surface area (Å²) in [6.07, 6.45) is 3.52. The molecule has 0 aromatic carbocycles. The van der Waals surface area contributed by atoms with Crippen LogP contribution in [0.4, 0.5) is 0 Å². The Balaban J connectivity index is 1.61. The predicted molar refractivity (Wildman–Crippen MR) is 58.9 cm³/mol. The molecule has 2 N–H and O–H groups in total. The topological polar surface area (TPSA) is 44.7 Å². The van der Waals surface area contributed by atoms with Gasteiger partial charge in [-0.3, -0.25) is 4.90 Å². The molecule has 0 atom stereocenters. The summed E-state index contributed by atoms with van der Waals surface area (Å²) in [4.78, 5) is 2.42. The van der Waals surface area contributed by atoms with Gasteiger partial charge in [-0.15, -0.1) is 0 Å². The number of aliphatic hydroxyl groups excluding tert-OH is 1. The molecule has 1 saturated carbocycles. The number of rotatable bonds is 5. The van der Waals surface area contributed by atoms with Gasteiger partial charge >= 0.3 is 0 Å². The zero-order valence-corrected chi connectivity index (χ0v) is 9.37. The molecule has 88 valence electrons. The maximum Gasteiger partial charge on any atom is 0.0613 e. The minimum atomic E-state index is 0.0618. The maximum absolute atomic E-state index is 9.28. The molecule has 1 aliphatic heterocycles. The van der Waals surface area contributed by atoms with E-state index in [1.54, 1.807) is 0 Å². The van der Waals surface area contributed by atoms with Crippen LogP contribution in [0.3, 0.4) is 0 Å². The summed E-state index contributed by atoms with van der Waals surface area (Å²) >= 11 is 0. The highest BCUT2D eigenvalue weighted by atomic mass is 16.5. The lowest BCUT2D eigenvalue weighted by Crippen LogP contribution is -2.55. The van der Waals surface area contributed by atoms with E-state index in [-0.39, 0.29) is 12.1 Å². The van der Waals surface area contributed by atoms with Gasteiger partial charge in [0.25, 0.3) is 0 Å². The Morgan fingerprint density at radius 2 is 2.00 bits per heavy atom. The minimum Gasteiger partial charge on any atom is -0.394 e. The maximum atomic E-state index is 9.28. The van der Waals surface area contributed by atoms with E-state index in [1.165, 1.54) is 6.42 Å². The molecule has 2 fully saturated rings. The second-order valence-corrected chi connectivity index (χ2v) is 4.67. The first-order valence-corrected chi connectivity index (χ1v) is 6.01. The van der Waals surface area contributed by atoms with Gasteiger partial charge in [0.15, 0.2) is 0 Å². The average molecular weight is 214 g/mol. The molecule has 0 unspecified atom stereocenters. The predicted octanol–water partition coefficient (Wildman–Crippen LogP) is -0.177. The molecule has 15 heavy (non-hydrogen) atoms. The van der Waals surface area contributed by atoms with Crippen LogP contribution in [-0.4, -0.2) is 61.5 Å². The fourth-order valence-electron chi connectivity index (χ4n) is 2.30. The van der Waals surface area contributed by atoms with Crippen molar-refractivity contribution in [2.45, 2.75) is 24.8 Å². The van der Waals surface area contributed by atoms with E-state index >= 15 is 0 Å². The number of aliphatic hydroxyl groups is 1. The van der Waals surface area contributed by atoms with Crippen LogP contribution in [0.5, 0.6) is 0 Å². The molecule has 0 aromatic rings. The molecular formula is C11H22N2O2. The normalized spacial score (nSPS) is 26.2. The van der Waals surface area contributed by atoms with E-state index in [2.05, 4.69) is 10.2 Å². The second-order valence-electron chi connectivity index (χ2n) is 4.67. The van der Waals surface area contributed by atoms with E-state index in [4.69, 9.17) is 4.74 Å². The van der Waals surface area contributed by atoms with Crippen LogP contribution in [0.2, 0.25) is 0 Å². The third-order valence-corrected chi connectivity index (χ3v) is 3.65. The monoisotopic (exact) mass is 214 g/mol. The van der Waals surface area contributed by atoms with Crippen LogP contribution < -0.4 is 5.32 Å².